The van der Waals surface area contributed by atoms with Crippen molar-refractivity contribution in [1.29, 1.82) is 0 Å². The highest BCUT2D eigenvalue weighted by Gasteiger charge is 2.53. The summed E-state index contributed by atoms with van der Waals surface area (Å²) in [5.41, 5.74) is 4.96. The number of aliphatic hydroxyl groups excluding tert-OH is 3. The molecule has 508 valence electrons. The standard InChI is InChI=1S/C61H80N14O18S/c1-7-30(4)51-56(89)64-22-46(82)67-42-27-94-59-38(19-40(54(87)63-23-47(83)72-51)68-58(91)52(31(5)43(79)25-76)73-61(28-77)21-35(78)24-75(61)60(92)41(20-44(62)80)69-55(42)88)37-13-12-36(18-39(37)70-59)93-26-33-8-10-34(11-9-33)66-53(86)32(6)65-57(90)50(29(2)3)71-45(81)16-17-74-48(84)14-15-49(74)85/h8-15,18,28-32,35,40-43,50-52,70,73,76,78-79H,7,16-17,19-27H2,1-6H3,(H2,62,80)(H,63,87)(H,64,89)(H,65,90)(H,66,86)(H,67,82)(H,68,91)(H,69,88)(H,71,81)(H,72,83)/t30-,31-,32-,35+,40-,41-,42-,43-,50-,51-,52-,61-/m0/s1. The molecule has 13 amide bonds. The number of carbonyl (C=O) groups is 14. The average Bonchev–Trinajstić information content (AvgIpc) is 1.59. The Labute approximate surface area is 543 Å². The van der Waals surface area contributed by atoms with Gasteiger partial charge in [0, 0.05) is 73.3 Å². The molecule has 0 saturated carbocycles. The first kappa shape index (κ1) is 72.1. The highest BCUT2D eigenvalue weighted by Crippen LogP contribution is 2.35. The van der Waals surface area contributed by atoms with Crippen LogP contribution in [0.4, 0.5) is 5.69 Å². The number of nitrogens with zero attached hydrogens (tertiary/aromatic N) is 2. The summed E-state index contributed by atoms with van der Waals surface area (Å²) >= 11 is 0.931. The molecular weight excluding hydrogens is 1250 g/mol. The van der Waals surface area contributed by atoms with E-state index >= 15 is 4.79 Å². The summed E-state index contributed by atoms with van der Waals surface area (Å²) in [4.78, 5) is 195. The number of aromatic nitrogens is 1. The van der Waals surface area contributed by atoms with Crippen LogP contribution in [0.5, 0.6) is 5.75 Å². The van der Waals surface area contributed by atoms with Crippen molar-refractivity contribution < 1.29 is 87.2 Å². The Morgan fingerprint density at radius 2 is 1.49 bits per heavy atom. The van der Waals surface area contributed by atoms with Crippen LogP contribution in [-0.2, 0) is 80.2 Å². The molecule has 12 atom stereocenters. The van der Waals surface area contributed by atoms with Crippen LogP contribution >= 0.6 is 11.8 Å². The van der Waals surface area contributed by atoms with E-state index < -0.39 is 200 Å². The molecule has 1 fully saturated rings. The Bertz CT molecular complexity index is 3440. The van der Waals surface area contributed by atoms with Gasteiger partial charge in [-0.2, -0.15) is 0 Å². The van der Waals surface area contributed by atoms with Gasteiger partial charge in [-0.05, 0) is 54.2 Å². The lowest BCUT2D eigenvalue weighted by Gasteiger charge is -2.41. The summed E-state index contributed by atoms with van der Waals surface area (Å²) in [7, 11) is 0. The summed E-state index contributed by atoms with van der Waals surface area (Å²) in [6.07, 6.45) is -2.54. The Morgan fingerprint density at radius 3 is 2.13 bits per heavy atom. The number of amides is 13. The highest BCUT2D eigenvalue weighted by molar-refractivity contribution is 7.99. The normalized spacial score (nSPS) is 24.3. The number of nitrogens with two attached hydrogens (primary N) is 1. The number of benzene rings is 2. The molecule has 32 nitrogen and oxygen atoms in total. The average molecular weight is 1330 g/mol. The van der Waals surface area contributed by atoms with Crippen LogP contribution in [0.1, 0.15) is 78.4 Å². The van der Waals surface area contributed by atoms with Gasteiger partial charge in [-0.25, -0.2) is 0 Å². The van der Waals surface area contributed by atoms with Gasteiger partial charge in [0.1, 0.15) is 48.6 Å². The molecule has 0 spiro atoms. The van der Waals surface area contributed by atoms with Crippen LogP contribution < -0.4 is 63.6 Å². The number of primary amides is 1. The molecule has 2 bridgehead atoms. The van der Waals surface area contributed by atoms with Crippen molar-refractivity contribution in [3.8, 4) is 5.75 Å². The second-order valence-corrected chi connectivity index (χ2v) is 25.0. The lowest BCUT2D eigenvalue weighted by molar-refractivity contribution is -0.147. The zero-order valence-electron chi connectivity index (χ0n) is 52.5. The van der Waals surface area contributed by atoms with E-state index in [1.54, 1.807) is 70.2 Å². The van der Waals surface area contributed by atoms with E-state index in [0.717, 1.165) is 33.7 Å². The first-order valence-corrected chi connectivity index (χ1v) is 31.5. The number of anilines is 1. The van der Waals surface area contributed by atoms with Gasteiger partial charge in [-0.15, -0.1) is 11.8 Å². The van der Waals surface area contributed by atoms with Crippen molar-refractivity contribution in [1.82, 2.24) is 62.6 Å². The summed E-state index contributed by atoms with van der Waals surface area (Å²) < 4.78 is 6.21. The summed E-state index contributed by atoms with van der Waals surface area (Å²) in [6, 6.07) is 1.06. The number of aliphatic hydroxyl groups is 3. The van der Waals surface area contributed by atoms with Crippen molar-refractivity contribution in [2.24, 2.45) is 23.5 Å². The lowest BCUT2D eigenvalue weighted by atomic mass is 9.92. The van der Waals surface area contributed by atoms with Crippen molar-refractivity contribution in [3.63, 3.8) is 0 Å². The smallest absolute Gasteiger partial charge is 0.253 e. The number of aldehydes is 1. The van der Waals surface area contributed by atoms with Gasteiger partial charge in [0.2, 0.25) is 65.0 Å². The van der Waals surface area contributed by atoms with Crippen molar-refractivity contribution in [2.75, 3.05) is 43.9 Å². The van der Waals surface area contributed by atoms with Crippen LogP contribution in [0.15, 0.2) is 59.6 Å². The third kappa shape index (κ3) is 18.1. The van der Waals surface area contributed by atoms with Gasteiger partial charge in [0.15, 0.2) is 11.9 Å². The lowest BCUT2D eigenvalue weighted by Crippen LogP contribution is -2.69. The largest absolute Gasteiger partial charge is 0.489 e. The first-order chi connectivity index (χ1) is 44.5. The van der Waals surface area contributed by atoms with Gasteiger partial charge >= 0.3 is 0 Å². The summed E-state index contributed by atoms with van der Waals surface area (Å²) in [5.74, 6) is -13.2. The van der Waals surface area contributed by atoms with Crippen LogP contribution in [-0.4, -0.2) is 212 Å². The Morgan fingerprint density at radius 1 is 0.819 bits per heavy atom. The van der Waals surface area contributed by atoms with E-state index in [-0.39, 0.29) is 36.6 Å². The van der Waals surface area contributed by atoms with Crippen LogP contribution in [0.2, 0.25) is 0 Å². The molecule has 5 heterocycles. The topological polar surface area (TPSA) is 477 Å². The van der Waals surface area contributed by atoms with Crippen LogP contribution in [0.25, 0.3) is 10.9 Å². The number of ether oxygens (including phenoxy) is 1. The number of carbonyl (C=O) groups excluding carboxylic acids is 14. The molecule has 33 heteroatoms. The number of imide groups is 1. The number of aromatic amines is 1. The predicted molar refractivity (Wildman–Crippen MR) is 334 cm³/mol. The number of rotatable bonds is 20. The van der Waals surface area contributed by atoms with E-state index in [0.29, 0.717) is 39.9 Å². The van der Waals surface area contributed by atoms with Gasteiger partial charge in [0.25, 0.3) is 11.8 Å². The molecule has 0 radical (unpaired) electrons. The molecule has 7 rings (SSSR count). The summed E-state index contributed by atoms with van der Waals surface area (Å²) in [6.45, 7) is 6.35. The third-order valence-electron chi connectivity index (χ3n) is 16.6. The minimum absolute atomic E-state index is 0.0257. The number of hydrogen-bond acceptors (Lipinski definition) is 20. The maximum absolute atomic E-state index is 15.0. The minimum atomic E-state index is -2.34. The van der Waals surface area contributed by atoms with Crippen LogP contribution in [0, 0.1) is 17.8 Å². The fourth-order valence-corrected chi connectivity index (χ4v) is 12.1. The molecule has 1 saturated heterocycles. The molecule has 0 aliphatic carbocycles. The van der Waals surface area contributed by atoms with Gasteiger partial charge in [-0.3, -0.25) is 77.3 Å². The number of hydrogen-bond donors (Lipinski definition) is 15. The third-order valence-corrected chi connectivity index (χ3v) is 17.7. The van der Waals surface area contributed by atoms with Crippen molar-refractivity contribution >= 4 is 111 Å². The van der Waals surface area contributed by atoms with E-state index in [4.69, 9.17) is 10.5 Å². The molecule has 94 heavy (non-hydrogen) atoms. The maximum Gasteiger partial charge on any atom is 0.253 e. The molecule has 2 aromatic carbocycles. The van der Waals surface area contributed by atoms with E-state index in [9.17, 15) is 77.6 Å². The van der Waals surface area contributed by atoms with Gasteiger partial charge in [0.05, 0.1) is 54.9 Å². The molecule has 0 unspecified atom stereocenters. The van der Waals surface area contributed by atoms with Crippen LogP contribution in [0.3, 0.4) is 0 Å². The number of thioether (sulfide) groups is 1. The predicted octanol–water partition coefficient (Wildman–Crippen LogP) is -4.16. The molecule has 1 aromatic heterocycles. The van der Waals surface area contributed by atoms with Gasteiger partial charge < -0.3 is 83.5 Å². The highest BCUT2D eigenvalue weighted by atomic mass is 32.2. The number of fused-ring (bicyclic) bond motifs is 5. The van der Waals surface area contributed by atoms with E-state index in [2.05, 4.69) is 58.2 Å². The zero-order chi connectivity index (χ0) is 68.9. The maximum atomic E-state index is 15.0. The second-order valence-electron chi connectivity index (χ2n) is 23.9. The monoisotopic (exact) mass is 1330 g/mol. The molecule has 4 aliphatic heterocycles. The second kappa shape index (κ2) is 32.0. The minimum Gasteiger partial charge on any atom is -0.489 e. The molecule has 3 aromatic rings. The fourth-order valence-electron chi connectivity index (χ4n) is 10.9. The SMILES string of the molecule is CC[C@H](C)[C@@H]1NC(=O)CNC(=O)[C@@H]2Cc3c([nH]c4cc(OCc5ccc(NC(=O)[C@H](C)NC(=O)[C@@H](NC(=O)CCN6C(=O)C=CC6=O)C(C)C)cc5)ccc34)SC[C@H](NC(=O)CNC1=O)C(=O)N[C@@H](CC(N)=O)C(=O)N1C[C@H](O)C[C@]1(C=O)N[C@@H]([C@@H](C)[C@@H](O)CO)C(=O)N2. The molecular formula is C61H80N14O18S. The number of nitrogens with one attached hydrogen (secondary N) is 11. The quantitative estimate of drug-likeness (QED) is 0.0377. The van der Waals surface area contributed by atoms with Crippen molar-refractivity contribution in [2.45, 2.75) is 145 Å². The van der Waals surface area contributed by atoms with E-state index in [1.165, 1.54) is 13.8 Å². The summed E-state index contributed by atoms with van der Waals surface area (Å²) in [5, 5.41) is 59.1. The molecule has 4 aliphatic rings. The van der Waals surface area contributed by atoms with Crippen molar-refractivity contribution in [3.05, 3.63) is 65.7 Å². The Balaban J connectivity index is 1.18. The Hall–Kier alpha value is -9.31. The zero-order valence-corrected chi connectivity index (χ0v) is 53.3. The van der Waals surface area contributed by atoms with Gasteiger partial charge in [-0.1, -0.05) is 53.2 Å². The molecule has 16 N–H and O–H groups in total. The first-order valence-electron chi connectivity index (χ1n) is 30.5. The number of H-pyrrole nitrogens is 1. The fraction of sp³-hybridized carbons (Fsp3) is 0.508. The van der Waals surface area contributed by atoms with E-state index in [1.807, 2.05) is 0 Å². The Kier molecular flexibility index (Phi) is 24.6.